The van der Waals surface area contributed by atoms with Crippen LogP contribution in [0.5, 0.6) is 11.5 Å². The molecule has 0 atom stereocenters. The van der Waals surface area contributed by atoms with E-state index in [2.05, 4.69) is 20.5 Å². The Morgan fingerprint density at radius 1 is 1.12 bits per heavy atom. The first-order valence-corrected chi connectivity index (χ1v) is 7.62. The smallest absolute Gasteiger partial charge is 0.249 e. The van der Waals surface area contributed by atoms with Gasteiger partial charge in [0.1, 0.15) is 0 Å². The summed E-state index contributed by atoms with van der Waals surface area (Å²) in [5, 5.41) is 9.68. The fourth-order valence-corrected chi connectivity index (χ4v) is 2.42. The second-order valence-electron chi connectivity index (χ2n) is 5.34. The summed E-state index contributed by atoms with van der Waals surface area (Å²) in [7, 11) is 0. The Morgan fingerprint density at radius 3 is 2.84 bits per heavy atom. The third-order valence-corrected chi connectivity index (χ3v) is 3.64. The Kier molecular flexibility index (Phi) is 3.88. The van der Waals surface area contributed by atoms with E-state index in [0.29, 0.717) is 17.3 Å². The van der Waals surface area contributed by atoms with Crippen molar-refractivity contribution in [1.82, 2.24) is 15.2 Å². The highest BCUT2D eigenvalue weighted by molar-refractivity contribution is 6.01. The molecule has 4 rings (SSSR count). The SMILES string of the molecule is O=C(/C=C/c1ccc2c(c1)OCO2)Nc1cc(-c2ccncc2)[nH]n1. The van der Waals surface area contributed by atoms with E-state index >= 15 is 0 Å². The summed E-state index contributed by atoms with van der Waals surface area (Å²) < 4.78 is 10.6. The van der Waals surface area contributed by atoms with Gasteiger partial charge in [-0.05, 0) is 35.9 Å². The predicted molar refractivity (Wildman–Crippen MR) is 92.0 cm³/mol. The Morgan fingerprint density at radius 2 is 1.96 bits per heavy atom. The minimum absolute atomic E-state index is 0.224. The van der Waals surface area contributed by atoms with Crippen molar-refractivity contribution in [3.05, 3.63) is 60.4 Å². The van der Waals surface area contributed by atoms with Crippen molar-refractivity contribution in [3.63, 3.8) is 0 Å². The summed E-state index contributed by atoms with van der Waals surface area (Å²) in [4.78, 5) is 16.0. The Labute approximate surface area is 143 Å². The van der Waals surface area contributed by atoms with Crippen LogP contribution in [0, 0.1) is 0 Å². The average Bonchev–Trinajstić information content (AvgIpc) is 3.29. The van der Waals surface area contributed by atoms with E-state index in [1.165, 1.54) is 6.08 Å². The molecular weight excluding hydrogens is 320 g/mol. The maximum absolute atomic E-state index is 12.0. The highest BCUT2D eigenvalue weighted by Gasteiger charge is 2.12. The Bertz CT molecular complexity index is 935. The summed E-state index contributed by atoms with van der Waals surface area (Å²) in [5.41, 5.74) is 2.59. The van der Waals surface area contributed by atoms with Crippen LogP contribution in [0.3, 0.4) is 0 Å². The zero-order valence-corrected chi connectivity index (χ0v) is 13.1. The number of carbonyl (C=O) groups excluding carboxylic acids is 1. The average molecular weight is 334 g/mol. The fraction of sp³-hybridized carbons (Fsp3) is 0.0556. The lowest BCUT2D eigenvalue weighted by Crippen LogP contribution is -2.07. The monoisotopic (exact) mass is 334 g/mol. The van der Waals surface area contributed by atoms with E-state index < -0.39 is 0 Å². The van der Waals surface area contributed by atoms with Crippen molar-refractivity contribution in [2.45, 2.75) is 0 Å². The number of amides is 1. The first-order chi connectivity index (χ1) is 12.3. The Hall–Kier alpha value is -3.61. The molecule has 25 heavy (non-hydrogen) atoms. The third-order valence-electron chi connectivity index (χ3n) is 3.64. The topological polar surface area (TPSA) is 89.1 Å². The molecule has 7 heteroatoms. The number of ether oxygens (including phenoxy) is 2. The molecule has 3 heterocycles. The molecule has 2 N–H and O–H groups in total. The zero-order chi connectivity index (χ0) is 17.1. The number of fused-ring (bicyclic) bond motifs is 1. The van der Waals surface area contributed by atoms with E-state index in [1.54, 1.807) is 24.5 Å². The summed E-state index contributed by atoms with van der Waals surface area (Å²) in [6.45, 7) is 0.224. The summed E-state index contributed by atoms with van der Waals surface area (Å²) in [6.07, 6.45) is 6.54. The number of nitrogens with one attached hydrogen (secondary N) is 2. The van der Waals surface area contributed by atoms with Gasteiger partial charge in [-0.1, -0.05) is 6.07 Å². The minimum Gasteiger partial charge on any atom is -0.454 e. The second-order valence-corrected chi connectivity index (χ2v) is 5.34. The van der Waals surface area contributed by atoms with Gasteiger partial charge in [0.15, 0.2) is 17.3 Å². The largest absolute Gasteiger partial charge is 0.454 e. The number of hydrogen-bond acceptors (Lipinski definition) is 5. The molecule has 2 aromatic heterocycles. The molecule has 0 aliphatic carbocycles. The van der Waals surface area contributed by atoms with Crippen LogP contribution in [0.4, 0.5) is 5.82 Å². The van der Waals surface area contributed by atoms with E-state index in [-0.39, 0.29) is 12.7 Å². The number of nitrogens with zero attached hydrogens (tertiary/aromatic N) is 2. The molecular formula is C18H14N4O3. The summed E-state index contributed by atoms with van der Waals surface area (Å²) >= 11 is 0. The molecule has 1 aromatic carbocycles. The predicted octanol–water partition coefficient (Wildman–Crippen LogP) is 2.85. The van der Waals surface area contributed by atoms with Gasteiger partial charge >= 0.3 is 0 Å². The van der Waals surface area contributed by atoms with E-state index in [4.69, 9.17) is 9.47 Å². The van der Waals surface area contributed by atoms with Crippen molar-refractivity contribution in [2.24, 2.45) is 0 Å². The van der Waals surface area contributed by atoms with E-state index in [1.807, 2.05) is 30.3 Å². The summed E-state index contributed by atoms with van der Waals surface area (Å²) in [6, 6.07) is 11.0. The number of aromatic nitrogens is 3. The van der Waals surface area contributed by atoms with Crippen LogP contribution < -0.4 is 14.8 Å². The van der Waals surface area contributed by atoms with E-state index in [0.717, 1.165) is 16.8 Å². The summed E-state index contributed by atoms with van der Waals surface area (Å²) in [5.74, 6) is 1.57. The number of H-pyrrole nitrogens is 1. The first-order valence-electron chi connectivity index (χ1n) is 7.62. The highest BCUT2D eigenvalue weighted by atomic mass is 16.7. The highest BCUT2D eigenvalue weighted by Crippen LogP contribution is 2.32. The lowest BCUT2D eigenvalue weighted by atomic mass is 10.2. The van der Waals surface area contributed by atoms with Gasteiger partial charge in [0.05, 0.1) is 5.69 Å². The molecule has 3 aromatic rings. The van der Waals surface area contributed by atoms with Crippen molar-refractivity contribution in [1.29, 1.82) is 0 Å². The van der Waals surface area contributed by atoms with Gasteiger partial charge in [0, 0.05) is 30.1 Å². The molecule has 0 fully saturated rings. The quantitative estimate of drug-likeness (QED) is 0.716. The van der Waals surface area contributed by atoms with Crippen molar-refractivity contribution >= 4 is 17.8 Å². The number of carbonyl (C=O) groups is 1. The molecule has 0 radical (unpaired) electrons. The molecule has 0 unspecified atom stereocenters. The van der Waals surface area contributed by atoms with Crippen LogP contribution >= 0.6 is 0 Å². The van der Waals surface area contributed by atoms with Crippen LogP contribution in [-0.4, -0.2) is 27.9 Å². The normalized spacial score (nSPS) is 12.5. The molecule has 0 spiro atoms. The molecule has 0 bridgehead atoms. The van der Waals surface area contributed by atoms with Crippen molar-refractivity contribution < 1.29 is 14.3 Å². The van der Waals surface area contributed by atoms with Crippen LogP contribution in [0.1, 0.15) is 5.56 Å². The van der Waals surface area contributed by atoms with Crippen LogP contribution in [0.15, 0.2) is 54.9 Å². The van der Waals surface area contributed by atoms with Gasteiger partial charge in [0.2, 0.25) is 12.7 Å². The van der Waals surface area contributed by atoms with Crippen molar-refractivity contribution in [3.8, 4) is 22.8 Å². The van der Waals surface area contributed by atoms with Crippen LogP contribution in [-0.2, 0) is 4.79 Å². The molecule has 0 saturated heterocycles. The third kappa shape index (κ3) is 3.35. The number of aromatic amines is 1. The van der Waals surface area contributed by atoms with Gasteiger partial charge in [-0.25, -0.2) is 0 Å². The first kappa shape index (κ1) is 14.9. The molecule has 0 saturated carbocycles. The fourth-order valence-electron chi connectivity index (χ4n) is 2.42. The van der Waals surface area contributed by atoms with E-state index in [9.17, 15) is 4.79 Å². The lowest BCUT2D eigenvalue weighted by molar-refractivity contribution is -0.111. The number of benzene rings is 1. The minimum atomic E-state index is -0.273. The standard InChI is InChI=1S/C18H14N4O3/c23-18(4-2-12-1-3-15-16(9-12)25-11-24-15)20-17-10-14(21-22-17)13-5-7-19-8-6-13/h1-10H,11H2,(H2,20,21,22,23)/b4-2+. The number of pyridine rings is 1. The lowest BCUT2D eigenvalue weighted by Gasteiger charge is -1.98. The second kappa shape index (κ2) is 6.48. The maximum Gasteiger partial charge on any atom is 0.249 e. The molecule has 1 aliphatic rings. The molecule has 1 amide bonds. The van der Waals surface area contributed by atoms with Crippen LogP contribution in [0.2, 0.25) is 0 Å². The molecule has 7 nitrogen and oxygen atoms in total. The Balaban J connectivity index is 1.41. The number of rotatable bonds is 4. The van der Waals surface area contributed by atoms with Crippen molar-refractivity contribution in [2.75, 3.05) is 12.1 Å². The zero-order valence-electron chi connectivity index (χ0n) is 13.1. The number of anilines is 1. The van der Waals surface area contributed by atoms with Crippen LogP contribution in [0.25, 0.3) is 17.3 Å². The van der Waals surface area contributed by atoms with Gasteiger partial charge in [0.25, 0.3) is 0 Å². The van der Waals surface area contributed by atoms with Gasteiger partial charge in [-0.2, -0.15) is 5.10 Å². The number of hydrogen-bond donors (Lipinski definition) is 2. The van der Waals surface area contributed by atoms with Gasteiger partial charge in [-0.15, -0.1) is 0 Å². The molecule has 1 aliphatic heterocycles. The molecule has 124 valence electrons. The van der Waals surface area contributed by atoms with Gasteiger partial charge < -0.3 is 14.8 Å². The van der Waals surface area contributed by atoms with Gasteiger partial charge in [-0.3, -0.25) is 14.9 Å². The maximum atomic E-state index is 12.0.